The molecule has 3 aromatic carbocycles. The van der Waals surface area contributed by atoms with Crippen LogP contribution in [0.3, 0.4) is 0 Å². The molecule has 0 saturated carbocycles. The van der Waals surface area contributed by atoms with E-state index in [1.807, 2.05) is 92.7 Å². The second-order valence-corrected chi connectivity index (χ2v) is 11.5. The molecule has 2 nitrogen and oxygen atoms in total. The Bertz CT molecular complexity index is 977. The molecule has 1 saturated heterocycles. The first-order chi connectivity index (χ1) is 13.4. The molecule has 1 fully saturated rings. The average Bonchev–Trinajstić information content (AvgIpc) is 3.05. The molecule has 0 radical (unpaired) electrons. The van der Waals surface area contributed by atoms with Crippen LogP contribution in [0.5, 0.6) is 0 Å². The summed E-state index contributed by atoms with van der Waals surface area (Å²) in [6.45, 7) is 3.64. The van der Waals surface area contributed by atoms with Gasteiger partial charge in [-0.25, -0.2) is 0 Å². The molecule has 3 aromatic rings. The first-order valence-electron chi connectivity index (χ1n) is 9.89. The summed E-state index contributed by atoms with van der Waals surface area (Å²) < 4.78 is 15.3. The van der Waals surface area contributed by atoms with Gasteiger partial charge in [0.05, 0.1) is 10.8 Å². The van der Waals surface area contributed by atoms with Crippen molar-refractivity contribution in [2.45, 2.75) is 43.1 Å². The van der Waals surface area contributed by atoms with Crippen molar-refractivity contribution in [3.8, 4) is 0 Å². The van der Waals surface area contributed by atoms with E-state index in [0.29, 0.717) is 6.42 Å². The maximum Gasteiger partial charge on any atom is 0.135 e. The Kier molecular flexibility index (Phi) is 4.81. The number of hydrogen-bond acceptors (Lipinski definition) is 2. The van der Waals surface area contributed by atoms with Crippen LogP contribution in [0.15, 0.2) is 91.0 Å². The minimum absolute atomic E-state index is 0.109. The lowest BCUT2D eigenvalue weighted by Crippen LogP contribution is -2.47. The second kappa shape index (κ2) is 7.03. The fourth-order valence-electron chi connectivity index (χ4n) is 5.18. The molecule has 1 heterocycles. The second-order valence-electron chi connectivity index (χ2n) is 8.24. The van der Waals surface area contributed by atoms with Gasteiger partial charge in [0, 0.05) is 11.0 Å². The molecule has 1 N–H and O–H groups in total. The first kappa shape index (κ1) is 19.2. The average molecular weight is 390 g/mol. The molecule has 0 aromatic heterocycles. The molecule has 144 valence electrons. The number of aliphatic hydroxyl groups is 1. The van der Waals surface area contributed by atoms with Gasteiger partial charge in [0.2, 0.25) is 0 Å². The quantitative estimate of drug-likeness (QED) is 0.565. The van der Waals surface area contributed by atoms with Crippen LogP contribution < -0.4 is 5.30 Å². The van der Waals surface area contributed by atoms with Crippen LogP contribution in [-0.2, 0) is 9.72 Å². The maximum atomic E-state index is 15.3. The lowest BCUT2D eigenvalue weighted by atomic mass is 9.80. The lowest BCUT2D eigenvalue weighted by molar-refractivity contribution is 0.0293. The summed E-state index contributed by atoms with van der Waals surface area (Å²) in [4.78, 5) is 0. The Labute approximate surface area is 167 Å². The normalized spacial score (nSPS) is 27.6. The lowest BCUT2D eigenvalue weighted by Gasteiger charge is -2.46. The van der Waals surface area contributed by atoms with Gasteiger partial charge in [-0.05, 0) is 37.8 Å². The smallest absolute Gasteiger partial charge is 0.135 e. The van der Waals surface area contributed by atoms with E-state index in [4.69, 9.17) is 0 Å². The van der Waals surface area contributed by atoms with Crippen LogP contribution in [0.4, 0.5) is 0 Å². The monoisotopic (exact) mass is 390 g/mol. The van der Waals surface area contributed by atoms with E-state index in [1.165, 1.54) is 0 Å². The highest BCUT2D eigenvalue weighted by atomic mass is 31.2. The van der Waals surface area contributed by atoms with Crippen molar-refractivity contribution in [2.24, 2.45) is 0 Å². The van der Waals surface area contributed by atoms with Crippen molar-refractivity contribution in [1.82, 2.24) is 0 Å². The van der Waals surface area contributed by atoms with Crippen LogP contribution in [0.25, 0.3) is 0 Å². The largest absolute Gasteiger partial charge is 0.389 e. The van der Waals surface area contributed by atoms with Gasteiger partial charge >= 0.3 is 0 Å². The Hall–Kier alpha value is -2.15. The molecule has 3 atom stereocenters. The van der Waals surface area contributed by atoms with E-state index in [-0.39, 0.29) is 5.66 Å². The van der Waals surface area contributed by atoms with Crippen LogP contribution in [-0.4, -0.2) is 10.7 Å². The Morgan fingerprint density at radius 3 is 1.89 bits per heavy atom. The molecular formula is C25H27O2P. The van der Waals surface area contributed by atoms with Gasteiger partial charge in [0.1, 0.15) is 7.14 Å². The highest BCUT2D eigenvalue weighted by Gasteiger charge is 2.65. The predicted octanol–water partition coefficient (Wildman–Crippen LogP) is 5.88. The number of rotatable bonds is 4. The summed E-state index contributed by atoms with van der Waals surface area (Å²) in [5.74, 6) is 0. The van der Waals surface area contributed by atoms with Crippen molar-refractivity contribution < 1.29 is 9.67 Å². The van der Waals surface area contributed by atoms with Crippen molar-refractivity contribution in [3.63, 3.8) is 0 Å². The Morgan fingerprint density at radius 1 is 0.857 bits per heavy atom. The van der Waals surface area contributed by atoms with E-state index >= 15 is 4.57 Å². The molecule has 0 amide bonds. The summed E-state index contributed by atoms with van der Waals surface area (Å²) in [7, 11) is -3.09. The fourth-order valence-corrected chi connectivity index (χ4v) is 10.0. The van der Waals surface area contributed by atoms with Gasteiger partial charge in [0.15, 0.2) is 0 Å². The summed E-state index contributed by atoms with van der Waals surface area (Å²) >= 11 is 0. The molecule has 0 aliphatic carbocycles. The third-order valence-electron chi connectivity index (χ3n) is 6.37. The first-order valence-corrected chi connectivity index (χ1v) is 11.7. The minimum atomic E-state index is -3.09. The van der Waals surface area contributed by atoms with Gasteiger partial charge in [-0.2, -0.15) is 0 Å². The SMILES string of the molecule is CC(C)(O)[C@]1(c2ccccc2)CC[C@@H](c2ccccc2)[P@@]1(=O)c1ccccc1. The molecule has 28 heavy (non-hydrogen) atoms. The maximum absolute atomic E-state index is 15.3. The third-order valence-corrected chi connectivity index (χ3v) is 11.0. The van der Waals surface area contributed by atoms with Crippen molar-refractivity contribution in [3.05, 3.63) is 102 Å². The molecule has 1 aliphatic heterocycles. The van der Waals surface area contributed by atoms with E-state index in [2.05, 4.69) is 12.1 Å². The molecule has 4 rings (SSSR count). The third kappa shape index (κ3) is 2.70. The van der Waals surface area contributed by atoms with Crippen LogP contribution in [0.2, 0.25) is 0 Å². The van der Waals surface area contributed by atoms with Gasteiger partial charge in [-0.1, -0.05) is 91.0 Å². The molecule has 1 aliphatic rings. The molecular weight excluding hydrogens is 363 g/mol. The molecule has 0 unspecified atom stereocenters. The Morgan fingerprint density at radius 2 is 1.36 bits per heavy atom. The summed E-state index contributed by atoms with van der Waals surface area (Å²) in [5, 5.41) is 11.5. The zero-order chi connectivity index (χ0) is 19.8. The molecule has 0 spiro atoms. The van der Waals surface area contributed by atoms with Gasteiger partial charge < -0.3 is 9.67 Å². The van der Waals surface area contributed by atoms with Crippen molar-refractivity contribution >= 4 is 12.4 Å². The zero-order valence-electron chi connectivity index (χ0n) is 16.5. The fraction of sp³-hybridized carbons (Fsp3) is 0.280. The number of benzene rings is 3. The van der Waals surface area contributed by atoms with E-state index in [9.17, 15) is 5.11 Å². The Balaban J connectivity index is 2.05. The van der Waals surface area contributed by atoms with E-state index in [0.717, 1.165) is 22.9 Å². The van der Waals surface area contributed by atoms with Crippen molar-refractivity contribution in [2.75, 3.05) is 0 Å². The van der Waals surface area contributed by atoms with Gasteiger partial charge in [0.25, 0.3) is 0 Å². The van der Waals surface area contributed by atoms with Crippen LogP contribution in [0, 0.1) is 0 Å². The van der Waals surface area contributed by atoms with Crippen LogP contribution >= 0.6 is 7.14 Å². The summed E-state index contributed by atoms with van der Waals surface area (Å²) in [6, 6.07) is 30.0. The highest BCUT2D eigenvalue weighted by Crippen LogP contribution is 2.81. The highest BCUT2D eigenvalue weighted by molar-refractivity contribution is 7.73. The molecule has 3 heteroatoms. The van der Waals surface area contributed by atoms with E-state index < -0.39 is 17.9 Å². The standard InChI is InChI=1S/C25H27O2P/c1-24(2,26)25(21-14-8-4-9-15-21)19-18-23(20-12-6-3-7-13-20)28(25,27)22-16-10-5-11-17-22/h3-17,23,26H,18-19H2,1-2H3/t23-,25+,28-/m0/s1. The molecule has 0 bridgehead atoms. The van der Waals surface area contributed by atoms with Gasteiger partial charge in [-0.3, -0.25) is 0 Å². The summed E-state index contributed by atoms with van der Waals surface area (Å²) in [5.41, 5.74) is 0.816. The minimum Gasteiger partial charge on any atom is -0.389 e. The topological polar surface area (TPSA) is 37.3 Å². The predicted molar refractivity (Wildman–Crippen MR) is 117 cm³/mol. The van der Waals surface area contributed by atoms with Gasteiger partial charge in [-0.15, -0.1) is 0 Å². The van der Waals surface area contributed by atoms with E-state index in [1.54, 1.807) is 0 Å². The zero-order valence-corrected chi connectivity index (χ0v) is 17.3. The number of hydrogen-bond donors (Lipinski definition) is 1. The van der Waals surface area contributed by atoms with Crippen LogP contribution in [0.1, 0.15) is 43.5 Å². The van der Waals surface area contributed by atoms with Crippen molar-refractivity contribution in [1.29, 1.82) is 0 Å². The summed E-state index contributed by atoms with van der Waals surface area (Å²) in [6.07, 6.45) is 1.47.